The van der Waals surface area contributed by atoms with Gasteiger partial charge in [0.2, 0.25) is 0 Å². The maximum absolute atomic E-state index is 3.64. The third kappa shape index (κ3) is 3.56. The van der Waals surface area contributed by atoms with Crippen LogP contribution in [-0.2, 0) is 0 Å². The zero-order valence-electron chi connectivity index (χ0n) is 12.2. The molecular formula is C16H26N2. The Morgan fingerprint density at radius 3 is 2.72 bits per heavy atom. The topological polar surface area (TPSA) is 15.3 Å². The first-order valence-corrected chi connectivity index (χ1v) is 7.08. The van der Waals surface area contributed by atoms with Gasteiger partial charge in [0.05, 0.1) is 0 Å². The van der Waals surface area contributed by atoms with Crippen LogP contribution >= 0.6 is 0 Å². The standard InChI is InChI=1S/C16H26N2/c1-12-5-6-13(2)16(11-12)14(3)17-9-10-18(4)15-7-8-15/h5-6,11,14-15,17H,7-10H2,1-4H3. The molecule has 0 aromatic heterocycles. The Hall–Kier alpha value is -0.860. The number of nitrogens with one attached hydrogen (secondary N) is 1. The number of hydrogen-bond donors (Lipinski definition) is 1. The molecular weight excluding hydrogens is 220 g/mol. The van der Waals surface area contributed by atoms with E-state index in [1.807, 2.05) is 0 Å². The Kier molecular flexibility index (Phi) is 4.41. The lowest BCUT2D eigenvalue weighted by molar-refractivity contribution is 0.316. The molecule has 100 valence electrons. The Balaban J connectivity index is 1.82. The molecule has 2 nitrogen and oxygen atoms in total. The number of aryl methyl sites for hydroxylation is 2. The molecule has 0 heterocycles. The minimum atomic E-state index is 0.442. The smallest absolute Gasteiger partial charge is 0.0295 e. The van der Waals surface area contributed by atoms with E-state index in [1.54, 1.807) is 0 Å². The van der Waals surface area contributed by atoms with E-state index in [0.29, 0.717) is 6.04 Å². The van der Waals surface area contributed by atoms with E-state index in [9.17, 15) is 0 Å². The van der Waals surface area contributed by atoms with Crippen LogP contribution in [0.1, 0.15) is 42.5 Å². The molecule has 0 saturated heterocycles. The van der Waals surface area contributed by atoms with Crippen LogP contribution in [-0.4, -0.2) is 31.1 Å². The van der Waals surface area contributed by atoms with Crippen molar-refractivity contribution in [3.63, 3.8) is 0 Å². The average Bonchev–Trinajstić information content (AvgIpc) is 3.16. The molecule has 1 fully saturated rings. The van der Waals surface area contributed by atoms with Gasteiger partial charge in [0, 0.05) is 25.2 Å². The summed E-state index contributed by atoms with van der Waals surface area (Å²) >= 11 is 0. The Labute approximate surface area is 111 Å². The third-order valence-corrected chi connectivity index (χ3v) is 3.99. The highest BCUT2D eigenvalue weighted by molar-refractivity contribution is 5.32. The van der Waals surface area contributed by atoms with Gasteiger partial charge in [-0.2, -0.15) is 0 Å². The number of benzene rings is 1. The van der Waals surface area contributed by atoms with E-state index in [1.165, 1.54) is 29.5 Å². The SMILES string of the molecule is Cc1ccc(C)c(C(C)NCCN(C)C2CC2)c1. The van der Waals surface area contributed by atoms with Crippen LogP contribution in [0.2, 0.25) is 0 Å². The van der Waals surface area contributed by atoms with Gasteiger partial charge in [0.15, 0.2) is 0 Å². The van der Waals surface area contributed by atoms with Crippen molar-refractivity contribution in [2.45, 2.75) is 45.7 Å². The normalized spacial score (nSPS) is 17.2. The molecule has 1 atom stereocenters. The molecule has 2 rings (SSSR count). The van der Waals surface area contributed by atoms with Crippen LogP contribution in [0, 0.1) is 13.8 Å². The Morgan fingerprint density at radius 2 is 2.06 bits per heavy atom. The van der Waals surface area contributed by atoms with Gasteiger partial charge in [-0.1, -0.05) is 23.8 Å². The van der Waals surface area contributed by atoms with E-state index in [0.717, 1.165) is 19.1 Å². The van der Waals surface area contributed by atoms with Gasteiger partial charge >= 0.3 is 0 Å². The molecule has 18 heavy (non-hydrogen) atoms. The molecule has 0 radical (unpaired) electrons. The number of likely N-dealkylation sites (N-methyl/N-ethyl adjacent to an activating group) is 1. The highest BCUT2D eigenvalue weighted by Gasteiger charge is 2.25. The first-order chi connectivity index (χ1) is 8.58. The fourth-order valence-corrected chi connectivity index (χ4v) is 2.49. The van der Waals surface area contributed by atoms with Crippen LogP contribution < -0.4 is 5.32 Å². The van der Waals surface area contributed by atoms with E-state index in [4.69, 9.17) is 0 Å². The molecule has 1 aromatic carbocycles. The minimum Gasteiger partial charge on any atom is -0.309 e. The van der Waals surface area contributed by atoms with Crippen LogP contribution in [0.4, 0.5) is 0 Å². The lowest BCUT2D eigenvalue weighted by Crippen LogP contribution is -2.32. The maximum atomic E-state index is 3.64. The summed E-state index contributed by atoms with van der Waals surface area (Å²) in [6.07, 6.45) is 2.78. The molecule has 0 amide bonds. The zero-order chi connectivity index (χ0) is 13.1. The fraction of sp³-hybridized carbons (Fsp3) is 0.625. The maximum Gasteiger partial charge on any atom is 0.0295 e. The van der Waals surface area contributed by atoms with Crippen LogP contribution in [0.3, 0.4) is 0 Å². The summed E-state index contributed by atoms with van der Waals surface area (Å²) in [5.74, 6) is 0. The van der Waals surface area contributed by atoms with Gasteiger partial charge in [0.1, 0.15) is 0 Å². The summed E-state index contributed by atoms with van der Waals surface area (Å²) < 4.78 is 0. The molecule has 1 unspecified atom stereocenters. The summed E-state index contributed by atoms with van der Waals surface area (Å²) in [7, 11) is 2.24. The van der Waals surface area contributed by atoms with E-state index in [2.05, 4.69) is 56.2 Å². The first-order valence-electron chi connectivity index (χ1n) is 7.08. The van der Waals surface area contributed by atoms with Gasteiger partial charge in [-0.25, -0.2) is 0 Å². The molecule has 0 bridgehead atoms. The van der Waals surface area contributed by atoms with Crippen molar-refractivity contribution in [3.05, 3.63) is 34.9 Å². The van der Waals surface area contributed by atoms with Gasteiger partial charge < -0.3 is 10.2 Å². The molecule has 0 aliphatic heterocycles. The highest BCUT2D eigenvalue weighted by Crippen LogP contribution is 2.24. The van der Waals surface area contributed by atoms with E-state index < -0.39 is 0 Å². The van der Waals surface area contributed by atoms with Crippen molar-refractivity contribution in [1.82, 2.24) is 10.2 Å². The van der Waals surface area contributed by atoms with Crippen LogP contribution in [0.15, 0.2) is 18.2 Å². The van der Waals surface area contributed by atoms with Crippen molar-refractivity contribution in [2.24, 2.45) is 0 Å². The Bertz CT molecular complexity index is 396. The van der Waals surface area contributed by atoms with Gasteiger partial charge in [-0.05, 0) is 51.8 Å². The number of hydrogen-bond acceptors (Lipinski definition) is 2. The predicted octanol–water partition coefficient (Wildman–Crippen LogP) is 3.05. The molecule has 1 N–H and O–H groups in total. The first kappa shape index (κ1) is 13.6. The zero-order valence-corrected chi connectivity index (χ0v) is 12.2. The van der Waals surface area contributed by atoms with Crippen LogP contribution in [0.5, 0.6) is 0 Å². The summed E-state index contributed by atoms with van der Waals surface area (Å²) in [6, 6.07) is 8.02. The lowest BCUT2D eigenvalue weighted by Gasteiger charge is -2.20. The summed E-state index contributed by atoms with van der Waals surface area (Å²) in [5, 5.41) is 3.64. The van der Waals surface area contributed by atoms with Crippen molar-refractivity contribution in [2.75, 3.05) is 20.1 Å². The van der Waals surface area contributed by atoms with E-state index in [-0.39, 0.29) is 0 Å². The molecule has 1 aliphatic rings. The molecule has 1 aliphatic carbocycles. The van der Waals surface area contributed by atoms with Gasteiger partial charge in [-0.3, -0.25) is 0 Å². The van der Waals surface area contributed by atoms with E-state index >= 15 is 0 Å². The van der Waals surface area contributed by atoms with Crippen molar-refractivity contribution >= 4 is 0 Å². The Morgan fingerprint density at radius 1 is 1.33 bits per heavy atom. The second-order valence-electron chi connectivity index (χ2n) is 5.75. The molecule has 2 heteroatoms. The quantitative estimate of drug-likeness (QED) is 0.830. The van der Waals surface area contributed by atoms with Crippen LogP contribution in [0.25, 0.3) is 0 Å². The monoisotopic (exact) mass is 246 g/mol. The predicted molar refractivity (Wildman–Crippen MR) is 78.0 cm³/mol. The molecule has 1 saturated carbocycles. The third-order valence-electron chi connectivity index (χ3n) is 3.99. The fourth-order valence-electron chi connectivity index (χ4n) is 2.49. The van der Waals surface area contributed by atoms with Crippen molar-refractivity contribution in [3.8, 4) is 0 Å². The van der Waals surface area contributed by atoms with Crippen molar-refractivity contribution in [1.29, 1.82) is 0 Å². The van der Waals surface area contributed by atoms with Crippen molar-refractivity contribution < 1.29 is 0 Å². The van der Waals surface area contributed by atoms with Gasteiger partial charge in [-0.15, -0.1) is 0 Å². The summed E-state index contributed by atoms with van der Waals surface area (Å²) in [5.41, 5.74) is 4.17. The molecule has 1 aromatic rings. The highest BCUT2D eigenvalue weighted by atomic mass is 15.2. The minimum absolute atomic E-state index is 0.442. The largest absolute Gasteiger partial charge is 0.309 e. The lowest BCUT2D eigenvalue weighted by atomic mass is 10.00. The summed E-state index contributed by atoms with van der Waals surface area (Å²) in [4.78, 5) is 2.48. The average molecular weight is 246 g/mol. The second kappa shape index (κ2) is 5.85. The number of rotatable bonds is 6. The number of nitrogens with zero attached hydrogens (tertiary/aromatic N) is 1. The molecule has 0 spiro atoms. The second-order valence-corrected chi connectivity index (χ2v) is 5.75. The van der Waals surface area contributed by atoms with Gasteiger partial charge in [0.25, 0.3) is 0 Å². The summed E-state index contributed by atoms with van der Waals surface area (Å²) in [6.45, 7) is 8.85.